The molecule has 0 aliphatic heterocycles. The summed E-state index contributed by atoms with van der Waals surface area (Å²) < 4.78 is 1.84. The van der Waals surface area contributed by atoms with E-state index in [9.17, 15) is 4.79 Å². The highest BCUT2D eigenvalue weighted by Gasteiger charge is 2.16. The Kier molecular flexibility index (Phi) is 5.72. The average molecular weight is 300 g/mol. The molecule has 0 unspecified atom stereocenters. The Labute approximate surface area is 131 Å². The van der Waals surface area contributed by atoms with Crippen LogP contribution in [-0.4, -0.2) is 47.8 Å². The third-order valence-corrected chi connectivity index (χ3v) is 3.52. The Morgan fingerprint density at radius 3 is 2.64 bits per heavy atom. The van der Waals surface area contributed by atoms with Crippen LogP contribution in [0.4, 0.5) is 0 Å². The maximum Gasteiger partial charge on any atom is 0.254 e. The zero-order valence-corrected chi connectivity index (χ0v) is 13.5. The van der Waals surface area contributed by atoms with Crippen molar-refractivity contribution in [3.05, 3.63) is 47.8 Å². The molecule has 118 valence electrons. The van der Waals surface area contributed by atoms with Gasteiger partial charge in [0.25, 0.3) is 5.91 Å². The zero-order chi connectivity index (χ0) is 15.9. The fourth-order valence-corrected chi connectivity index (χ4v) is 2.39. The second kappa shape index (κ2) is 7.75. The van der Waals surface area contributed by atoms with E-state index in [1.807, 2.05) is 56.0 Å². The molecule has 1 aromatic heterocycles. The van der Waals surface area contributed by atoms with Gasteiger partial charge in [-0.3, -0.25) is 4.79 Å². The van der Waals surface area contributed by atoms with Crippen molar-refractivity contribution < 1.29 is 4.79 Å². The van der Waals surface area contributed by atoms with Gasteiger partial charge in [0.05, 0.1) is 23.1 Å². The van der Waals surface area contributed by atoms with Gasteiger partial charge in [-0.2, -0.15) is 5.10 Å². The van der Waals surface area contributed by atoms with Crippen LogP contribution < -0.4 is 5.32 Å². The Morgan fingerprint density at radius 2 is 2.00 bits per heavy atom. The van der Waals surface area contributed by atoms with Crippen molar-refractivity contribution in [3.63, 3.8) is 0 Å². The first-order valence-corrected chi connectivity index (χ1v) is 7.68. The lowest BCUT2D eigenvalue weighted by Crippen LogP contribution is -2.27. The number of carbonyl (C=O) groups is 1. The van der Waals surface area contributed by atoms with Crippen molar-refractivity contribution in [2.75, 3.05) is 27.2 Å². The molecule has 0 radical (unpaired) electrons. The van der Waals surface area contributed by atoms with Crippen molar-refractivity contribution in [1.29, 1.82) is 0 Å². The SMILES string of the molecule is CCc1c(C(=O)NCCCN(C)C)cnn1-c1ccccc1. The van der Waals surface area contributed by atoms with E-state index in [2.05, 4.69) is 15.3 Å². The van der Waals surface area contributed by atoms with Crippen LogP contribution in [0.1, 0.15) is 29.4 Å². The van der Waals surface area contributed by atoms with E-state index >= 15 is 0 Å². The highest BCUT2D eigenvalue weighted by molar-refractivity contribution is 5.95. The molecular weight excluding hydrogens is 276 g/mol. The normalized spacial score (nSPS) is 10.9. The van der Waals surface area contributed by atoms with Crippen LogP contribution in [0.2, 0.25) is 0 Å². The lowest BCUT2D eigenvalue weighted by atomic mass is 10.2. The first kappa shape index (κ1) is 16.2. The molecule has 2 rings (SSSR count). The topological polar surface area (TPSA) is 50.2 Å². The Balaban J connectivity index is 2.08. The van der Waals surface area contributed by atoms with Gasteiger partial charge in [0, 0.05) is 6.54 Å². The van der Waals surface area contributed by atoms with Gasteiger partial charge in [0.2, 0.25) is 0 Å². The summed E-state index contributed by atoms with van der Waals surface area (Å²) in [4.78, 5) is 14.4. The van der Waals surface area contributed by atoms with Crippen LogP contribution in [0.25, 0.3) is 5.69 Å². The molecule has 1 aromatic carbocycles. The molecule has 0 atom stereocenters. The van der Waals surface area contributed by atoms with Gasteiger partial charge in [0.1, 0.15) is 0 Å². The number of benzene rings is 1. The van der Waals surface area contributed by atoms with E-state index in [-0.39, 0.29) is 5.91 Å². The van der Waals surface area contributed by atoms with E-state index in [1.165, 1.54) is 0 Å². The Morgan fingerprint density at radius 1 is 1.27 bits per heavy atom. The number of nitrogens with zero attached hydrogens (tertiary/aromatic N) is 3. The van der Waals surface area contributed by atoms with Gasteiger partial charge in [-0.05, 0) is 45.6 Å². The highest BCUT2D eigenvalue weighted by Crippen LogP contribution is 2.15. The van der Waals surface area contributed by atoms with Crippen LogP contribution in [0.3, 0.4) is 0 Å². The molecule has 0 fully saturated rings. The predicted octanol–water partition coefficient (Wildman–Crippen LogP) is 2.12. The maximum atomic E-state index is 12.3. The fraction of sp³-hybridized carbons (Fsp3) is 0.412. The molecule has 5 heteroatoms. The highest BCUT2D eigenvalue weighted by atomic mass is 16.1. The molecule has 0 saturated carbocycles. The van der Waals surface area contributed by atoms with Gasteiger partial charge >= 0.3 is 0 Å². The fourth-order valence-electron chi connectivity index (χ4n) is 2.39. The largest absolute Gasteiger partial charge is 0.352 e. The third kappa shape index (κ3) is 3.95. The van der Waals surface area contributed by atoms with Crippen LogP contribution >= 0.6 is 0 Å². The van der Waals surface area contributed by atoms with Gasteiger partial charge in [-0.1, -0.05) is 25.1 Å². The average Bonchev–Trinajstić information content (AvgIpc) is 2.96. The molecule has 0 saturated heterocycles. The molecule has 0 bridgehead atoms. The molecule has 0 spiro atoms. The quantitative estimate of drug-likeness (QED) is 0.797. The molecular formula is C17H24N4O. The van der Waals surface area contributed by atoms with Crippen LogP contribution in [-0.2, 0) is 6.42 Å². The van der Waals surface area contributed by atoms with E-state index in [0.29, 0.717) is 12.1 Å². The molecule has 5 nitrogen and oxygen atoms in total. The van der Waals surface area contributed by atoms with Crippen molar-refractivity contribution in [3.8, 4) is 5.69 Å². The van der Waals surface area contributed by atoms with Crippen molar-refractivity contribution in [2.24, 2.45) is 0 Å². The van der Waals surface area contributed by atoms with Crippen molar-refractivity contribution >= 4 is 5.91 Å². The Bertz CT molecular complexity index is 604. The van der Waals surface area contributed by atoms with E-state index in [4.69, 9.17) is 0 Å². The summed E-state index contributed by atoms with van der Waals surface area (Å²) in [6, 6.07) is 9.89. The smallest absolute Gasteiger partial charge is 0.254 e. The number of rotatable bonds is 7. The molecule has 22 heavy (non-hydrogen) atoms. The van der Waals surface area contributed by atoms with Gasteiger partial charge < -0.3 is 10.2 Å². The summed E-state index contributed by atoms with van der Waals surface area (Å²) in [6.45, 7) is 3.68. The van der Waals surface area contributed by atoms with Gasteiger partial charge in [-0.25, -0.2) is 4.68 Å². The van der Waals surface area contributed by atoms with Gasteiger partial charge in [-0.15, -0.1) is 0 Å². The molecule has 1 heterocycles. The van der Waals surface area contributed by atoms with E-state index < -0.39 is 0 Å². The Hall–Kier alpha value is -2.14. The maximum absolute atomic E-state index is 12.3. The minimum atomic E-state index is -0.0437. The second-order valence-electron chi connectivity index (χ2n) is 5.52. The minimum absolute atomic E-state index is 0.0437. The van der Waals surface area contributed by atoms with E-state index in [0.717, 1.165) is 30.8 Å². The first-order chi connectivity index (χ1) is 10.6. The minimum Gasteiger partial charge on any atom is -0.352 e. The summed E-state index contributed by atoms with van der Waals surface area (Å²) in [5, 5.41) is 7.36. The number of para-hydroxylation sites is 1. The van der Waals surface area contributed by atoms with Crippen LogP contribution in [0.5, 0.6) is 0 Å². The van der Waals surface area contributed by atoms with E-state index in [1.54, 1.807) is 6.20 Å². The molecule has 1 N–H and O–H groups in total. The van der Waals surface area contributed by atoms with Gasteiger partial charge in [0.15, 0.2) is 0 Å². The van der Waals surface area contributed by atoms with Crippen LogP contribution in [0, 0.1) is 0 Å². The number of aromatic nitrogens is 2. The number of carbonyl (C=O) groups excluding carboxylic acids is 1. The summed E-state index contributed by atoms with van der Waals surface area (Å²) in [5.74, 6) is -0.0437. The third-order valence-electron chi connectivity index (χ3n) is 3.52. The lowest BCUT2D eigenvalue weighted by molar-refractivity contribution is 0.0951. The summed E-state index contributed by atoms with van der Waals surface area (Å²) in [7, 11) is 4.06. The number of amides is 1. The predicted molar refractivity (Wildman–Crippen MR) is 88.4 cm³/mol. The monoisotopic (exact) mass is 300 g/mol. The van der Waals surface area contributed by atoms with Crippen molar-refractivity contribution in [1.82, 2.24) is 20.0 Å². The molecule has 2 aromatic rings. The van der Waals surface area contributed by atoms with Crippen LogP contribution in [0.15, 0.2) is 36.5 Å². The summed E-state index contributed by atoms with van der Waals surface area (Å²) in [6.07, 6.45) is 3.36. The standard InChI is InChI=1S/C17H24N4O/c1-4-16-15(17(22)18-11-8-12-20(2)3)13-19-21(16)14-9-6-5-7-10-14/h5-7,9-10,13H,4,8,11-12H2,1-3H3,(H,18,22). The summed E-state index contributed by atoms with van der Waals surface area (Å²) >= 11 is 0. The molecule has 0 aliphatic rings. The number of hydrogen-bond donors (Lipinski definition) is 1. The lowest BCUT2D eigenvalue weighted by Gasteiger charge is -2.10. The van der Waals surface area contributed by atoms with Crippen molar-refractivity contribution in [2.45, 2.75) is 19.8 Å². The molecule has 0 aliphatic carbocycles. The first-order valence-electron chi connectivity index (χ1n) is 7.68. The zero-order valence-electron chi connectivity index (χ0n) is 13.5. The second-order valence-corrected chi connectivity index (χ2v) is 5.52. The summed E-state index contributed by atoms with van der Waals surface area (Å²) in [5.41, 5.74) is 2.58. The number of nitrogens with one attached hydrogen (secondary N) is 1. The number of hydrogen-bond acceptors (Lipinski definition) is 3. The molecule has 1 amide bonds.